The van der Waals surface area contributed by atoms with Gasteiger partial charge in [0, 0.05) is 36.8 Å². The van der Waals surface area contributed by atoms with E-state index >= 15 is 0 Å². The average molecular weight is 355 g/mol. The molecule has 0 saturated carbocycles. The van der Waals surface area contributed by atoms with E-state index in [9.17, 15) is 4.79 Å². The number of carbonyl (C=O) groups is 1. The highest BCUT2D eigenvalue weighted by Crippen LogP contribution is 2.19. The number of nitrogens with two attached hydrogens (primary N) is 1. The molecule has 5 nitrogen and oxygen atoms in total. The first-order valence-corrected chi connectivity index (χ1v) is 8.18. The van der Waals surface area contributed by atoms with Gasteiger partial charge in [-0.1, -0.05) is 13.3 Å². The first-order valence-electron chi connectivity index (χ1n) is 7.39. The van der Waals surface area contributed by atoms with Gasteiger partial charge in [0.25, 0.3) is 0 Å². The minimum absolute atomic E-state index is 0.0627. The van der Waals surface area contributed by atoms with Gasteiger partial charge in [0.05, 0.1) is 5.54 Å². The van der Waals surface area contributed by atoms with Gasteiger partial charge in [-0.2, -0.15) is 0 Å². The zero-order valence-electron chi connectivity index (χ0n) is 12.7. The first kappa shape index (κ1) is 16.2. The standard InChI is InChI=1S/C15H23BrN4O/c1-3-6-15(2,17)14(21)20-9-7-19(8-10-20)13-5-4-12(16)11-18-13/h4-5,11H,3,6-10,17H2,1-2H3. The van der Waals surface area contributed by atoms with Crippen LogP contribution in [0.3, 0.4) is 0 Å². The average Bonchev–Trinajstić information content (AvgIpc) is 2.47. The van der Waals surface area contributed by atoms with Crippen molar-refractivity contribution in [2.75, 3.05) is 31.1 Å². The predicted molar refractivity (Wildman–Crippen MR) is 88.2 cm³/mol. The Hall–Kier alpha value is -1.14. The van der Waals surface area contributed by atoms with Gasteiger partial charge in [-0.3, -0.25) is 4.79 Å². The van der Waals surface area contributed by atoms with E-state index in [0.29, 0.717) is 13.1 Å². The van der Waals surface area contributed by atoms with E-state index in [-0.39, 0.29) is 5.91 Å². The lowest BCUT2D eigenvalue weighted by molar-refractivity contribution is -0.137. The Morgan fingerprint density at radius 2 is 2.05 bits per heavy atom. The number of carbonyl (C=O) groups excluding carboxylic acids is 1. The van der Waals surface area contributed by atoms with Crippen LogP contribution < -0.4 is 10.6 Å². The van der Waals surface area contributed by atoms with Crippen LogP contribution >= 0.6 is 15.9 Å². The SMILES string of the molecule is CCCC(C)(N)C(=O)N1CCN(c2ccc(Br)cn2)CC1. The molecule has 1 aliphatic rings. The number of hydrogen-bond donors (Lipinski definition) is 1. The van der Waals surface area contributed by atoms with Crippen molar-refractivity contribution < 1.29 is 4.79 Å². The largest absolute Gasteiger partial charge is 0.353 e. The van der Waals surface area contributed by atoms with Gasteiger partial charge in [0.2, 0.25) is 5.91 Å². The summed E-state index contributed by atoms with van der Waals surface area (Å²) in [6.07, 6.45) is 3.44. The molecule has 1 aromatic heterocycles. The van der Waals surface area contributed by atoms with Crippen LogP contribution in [0.2, 0.25) is 0 Å². The molecule has 0 bridgehead atoms. The highest BCUT2D eigenvalue weighted by molar-refractivity contribution is 9.10. The van der Waals surface area contributed by atoms with Gasteiger partial charge in [-0.05, 0) is 41.4 Å². The van der Waals surface area contributed by atoms with Crippen LogP contribution in [-0.4, -0.2) is 47.5 Å². The maximum Gasteiger partial charge on any atom is 0.242 e. The summed E-state index contributed by atoms with van der Waals surface area (Å²) in [5.41, 5.74) is 5.40. The third-order valence-corrected chi connectivity index (χ3v) is 4.33. The van der Waals surface area contributed by atoms with Crippen molar-refractivity contribution in [1.82, 2.24) is 9.88 Å². The van der Waals surface area contributed by atoms with Crippen molar-refractivity contribution >= 4 is 27.7 Å². The molecule has 2 rings (SSSR count). The minimum atomic E-state index is -0.743. The van der Waals surface area contributed by atoms with Gasteiger partial charge < -0.3 is 15.5 Å². The number of nitrogens with zero attached hydrogens (tertiary/aromatic N) is 3. The smallest absolute Gasteiger partial charge is 0.242 e. The number of aromatic nitrogens is 1. The van der Waals surface area contributed by atoms with Crippen molar-refractivity contribution in [2.24, 2.45) is 5.73 Å². The van der Waals surface area contributed by atoms with Gasteiger partial charge >= 0.3 is 0 Å². The van der Waals surface area contributed by atoms with Crippen LogP contribution in [0.4, 0.5) is 5.82 Å². The predicted octanol–water partition coefficient (Wildman–Crippen LogP) is 2.01. The summed E-state index contributed by atoms with van der Waals surface area (Å²) in [7, 11) is 0. The molecule has 1 fully saturated rings. The number of amides is 1. The molecule has 1 unspecified atom stereocenters. The summed E-state index contributed by atoms with van der Waals surface area (Å²) in [5.74, 6) is 1.02. The summed E-state index contributed by atoms with van der Waals surface area (Å²) >= 11 is 3.39. The Morgan fingerprint density at radius 1 is 1.38 bits per heavy atom. The lowest BCUT2D eigenvalue weighted by Gasteiger charge is -2.38. The molecule has 6 heteroatoms. The normalized spacial score (nSPS) is 18.5. The van der Waals surface area contributed by atoms with Gasteiger partial charge in [0.15, 0.2) is 0 Å². The Balaban J connectivity index is 1.94. The number of hydrogen-bond acceptors (Lipinski definition) is 4. The van der Waals surface area contributed by atoms with Gasteiger partial charge in [-0.25, -0.2) is 4.98 Å². The number of piperazine rings is 1. The van der Waals surface area contributed by atoms with Crippen molar-refractivity contribution in [2.45, 2.75) is 32.2 Å². The zero-order chi connectivity index (χ0) is 15.5. The second kappa shape index (κ2) is 6.75. The van der Waals surface area contributed by atoms with Crippen molar-refractivity contribution in [3.63, 3.8) is 0 Å². The highest BCUT2D eigenvalue weighted by Gasteiger charge is 2.33. The highest BCUT2D eigenvalue weighted by atomic mass is 79.9. The molecule has 1 amide bonds. The molecule has 21 heavy (non-hydrogen) atoms. The van der Waals surface area contributed by atoms with E-state index in [0.717, 1.165) is 36.2 Å². The molecule has 0 aliphatic carbocycles. The van der Waals surface area contributed by atoms with E-state index in [2.05, 4.69) is 32.7 Å². The third-order valence-electron chi connectivity index (χ3n) is 3.86. The molecule has 0 aromatic carbocycles. The van der Waals surface area contributed by atoms with Crippen molar-refractivity contribution in [3.8, 4) is 0 Å². The maximum atomic E-state index is 12.5. The molecule has 0 spiro atoms. The van der Waals surface area contributed by atoms with Gasteiger partial charge in [0.1, 0.15) is 5.82 Å². The molecule has 0 radical (unpaired) electrons. The Bertz CT molecular complexity index is 481. The fourth-order valence-electron chi connectivity index (χ4n) is 2.68. The van der Waals surface area contributed by atoms with E-state index < -0.39 is 5.54 Å². The first-order chi connectivity index (χ1) is 9.94. The molecule has 1 aromatic rings. The molecule has 2 heterocycles. The van der Waals surface area contributed by atoms with E-state index in [1.54, 1.807) is 6.20 Å². The molecule has 1 saturated heterocycles. The molecule has 116 valence electrons. The zero-order valence-corrected chi connectivity index (χ0v) is 14.3. The molecule has 1 aliphatic heterocycles. The summed E-state index contributed by atoms with van der Waals surface area (Å²) in [4.78, 5) is 20.9. The molecule has 2 N–H and O–H groups in total. The van der Waals surface area contributed by atoms with Crippen LogP contribution in [0.5, 0.6) is 0 Å². The van der Waals surface area contributed by atoms with Crippen molar-refractivity contribution in [3.05, 3.63) is 22.8 Å². The monoisotopic (exact) mass is 354 g/mol. The topological polar surface area (TPSA) is 62.5 Å². The lowest BCUT2D eigenvalue weighted by atomic mass is 9.95. The van der Waals surface area contributed by atoms with Crippen LogP contribution in [0, 0.1) is 0 Å². The summed E-state index contributed by atoms with van der Waals surface area (Å²) < 4.78 is 0.971. The molecular weight excluding hydrogens is 332 g/mol. The Kier molecular flexibility index (Phi) is 5.22. The Labute approximate surface area is 134 Å². The Morgan fingerprint density at radius 3 is 2.57 bits per heavy atom. The van der Waals surface area contributed by atoms with Gasteiger partial charge in [-0.15, -0.1) is 0 Å². The van der Waals surface area contributed by atoms with Crippen LogP contribution in [-0.2, 0) is 4.79 Å². The van der Waals surface area contributed by atoms with Crippen LogP contribution in [0.15, 0.2) is 22.8 Å². The van der Waals surface area contributed by atoms with E-state index in [4.69, 9.17) is 5.73 Å². The van der Waals surface area contributed by atoms with E-state index in [1.807, 2.05) is 24.0 Å². The number of anilines is 1. The second-order valence-corrected chi connectivity index (χ2v) is 6.70. The van der Waals surface area contributed by atoms with Crippen LogP contribution in [0.1, 0.15) is 26.7 Å². The maximum absolute atomic E-state index is 12.5. The fourth-order valence-corrected chi connectivity index (χ4v) is 2.92. The quantitative estimate of drug-likeness (QED) is 0.898. The second-order valence-electron chi connectivity index (χ2n) is 5.78. The van der Waals surface area contributed by atoms with E-state index in [1.165, 1.54) is 0 Å². The summed E-state index contributed by atoms with van der Waals surface area (Å²) in [6, 6.07) is 3.98. The minimum Gasteiger partial charge on any atom is -0.353 e. The summed E-state index contributed by atoms with van der Waals surface area (Å²) in [6.45, 7) is 6.88. The summed E-state index contributed by atoms with van der Waals surface area (Å²) in [5, 5.41) is 0. The third kappa shape index (κ3) is 3.95. The van der Waals surface area contributed by atoms with Crippen molar-refractivity contribution in [1.29, 1.82) is 0 Å². The fraction of sp³-hybridized carbons (Fsp3) is 0.600. The number of rotatable bonds is 4. The molecular formula is C15H23BrN4O. The number of pyridine rings is 1. The lowest BCUT2D eigenvalue weighted by Crippen LogP contribution is -2.58. The molecule has 1 atom stereocenters. The number of halogens is 1. The van der Waals surface area contributed by atoms with Crippen LogP contribution in [0.25, 0.3) is 0 Å².